The summed E-state index contributed by atoms with van der Waals surface area (Å²) >= 11 is 0. The zero-order valence-electron chi connectivity index (χ0n) is 10.5. The minimum absolute atomic E-state index is 0.0819. The molecular formula is C13H15FO4. The lowest BCUT2D eigenvalue weighted by molar-refractivity contribution is -0.152. The van der Waals surface area contributed by atoms with Crippen molar-refractivity contribution in [2.75, 3.05) is 13.7 Å². The van der Waals surface area contributed by atoms with Crippen LogP contribution in [0.5, 0.6) is 5.75 Å². The molecule has 0 aliphatic rings. The molecule has 0 amide bonds. The fourth-order valence-corrected chi connectivity index (χ4v) is 1.36. The van der Waals surface area contributed by atoms with Gasteiger partial charge in [0.15, 0.2) is 17.9 Å². The van der Waals surface area contributed by atoms with Crippen molar-refractivity contribution >= 4 is 12.3 Å². The monoisotopic (exact) mass is 254 g/mol. The molecule has 1 aromatic rings. The first-order chi connectivity index (χ1) is 8.42. The van der Waals surface area contributed by atoms with Crippen molar-refractivity contribution in [3.8, 4) is 5.75 Å². The lowest BCUT2D eigenvalue weighted by atomic mass is 9.95. The maximum absolute atomic E-state index is 13.5. The van der Waals surface area contributed by atoms with Gasteiger partial charge in [0.25, 0.3) is 0 Å². The van der Waals surface area contributed by atoms with Gasteiger partial charge in [-0.15, -0.1) is 0 Å². The molecule has 0 saturated heterocycles. The Hall–Kier alpha value is -1.91. The number of methoxy groups -OCH3 is 1. The van der Waals surface area contributed by atoms with Crippen molar-refractivity contribution in [3.63, 3.8) is 0 Å². The summed E-state index contributed by atoms with van der Waals surface area (Å²) in [5.41, 5.74) is -0.812. The Morgan fingerprint density at radius 3 is 2.67 bits per heavy atom. The Morgan fingerprint density at radius 2 is 2.11 bits per heavy atom. The van der Waals surface area contributed by atoms with Crippen LogP contribution < -0.4 is 4.74 Å². The van der Waals surface area contributed by atoms with Gasteiger partial charge in [-0.2, -0.15) is 0 Å². The molecule has 4 nitrogen and oxygen atoms in total. The summed E-state index contributed by atoms with van der Waals surface area (Å²) in [7, 11) is 1.27. The lowest BCUT2D eigenvalue weighted by Crippen LogP contribution is -2.32. The second-order valence-electron chi connectivity index (χ2n) is 4.44. The normalized spacial score (nSPS) is 10.9. The van der Waals surface area contributed by atoms with Crippen molar-refractivity contribution in [1.29, 1.82) is 0 Å². The summed E-state index contributed by atoms with van der Waals surface area (Å²) in [6.45, 7) is 3.14. The highest BCUT2D eigenvalue weighted by molar-refractivity contribution is 5.79. The van der Waals surface area contributed by atoms with E-state index in [-0.39, 0.29) is 17.9 Å². The number of para-hydroxylation sites is 1. The van der Waals surface area contributed by atoms with Gasteiger partial charge in [0.1, 0.15) is 6.61 Å². The molecule has 0 aromatic heterocycles. The van der Waals surface area contributed by atoms with Gasteiger partial charge in [-0.05, 0) is 26.0 Å². The number of esters is 1. The number of hydrogen-bond acceptors (Lipinski definition) is 4. The van der Waals surface area contributed by atoms with Gasteiger partial charge in [-0.25, -0.2) is 4.39 Å². The number of aldehydes is 1. The Labute approximate surface area is 105 Å². The van der Waals surface area contributed by atoms with Gasteiger partial charge in [-0.1, -0.05) is 6.07 Å². The van der Waals surface area contributed by atoms with Crippen LogP contribution in [0.4, 0.5) is 4.39 Å². The fraction of sp³-hybridized carbons (Fsp3) is 0.385. The van der Waals surface area contributed by atoms with E-state index in [4.69, 9.17) is 4.74 Å². The van der Waals surface area contributed by atoms with Crippen molar-refractivity contribution in [2.45, 2.75) is 13.8 Å². The summed E-state index contributed by atoms with van der Waals surface area (Å²) in [6.07, 6.45) is 0.504. The standard InChI is InChI=1S/C13H15FO4/c1-13(2,12(16)17-3)8-18-11-9(7-15)5-4-6-10(11)14/h4-7H,8H2,1-3H3. The zero-order valence-corrected chi connectivity index (χ0v) is 10.5. The van der Waals surface area contributed by atoms with Gasteiger partial charge >= 0.3 is 5.97 Å². The molecule has 98 valence electrons. The third kappa shape index (κ3) is 3.06. The molecule has 0 aliphatic heterocycles. The van der Waals surface area contributed by atoms with Crippen molar-refractivity contribution in [2.24, 2.45) is 5.41 Å². The van der Waals surface area contributed by atoms with Gasteiger partial charge < -0.3 is 9.47 Å². The van der Waals surface area contributed by atoms with Gasteiger partial charge in [-0.3, -0.25) is 9.59 Å². The summed E-state index contributed by atoms with van der Waals surface area (Å²) in [5, 5.41) is 0. The molecule has 0 radical (unpaired) electrons. The maximum atomic E-state index is 13.5. The highest BCUT2D eigenvalue weighted by Gasteiger charge is 2.30. The van der Waals surface area contributed by atoms with E-state index in [1.165, 1.54) is 25.3 Å². The average molecular weight is 254 g/mol. The van der Waals surface area contributed by atoms with Crippen LogP contribution in [-0.2, 0) is 9.53 Å². The van der Waals surface area contributed by atoms with Crippen LogP contribution >= 0.6 is 0 Å². The van der Waals surface area contributed by atoms with Crippen LogP contribution in [0.2, 0.25) is 0 Å². The molecule has 1 aromatic carbocycles. The van der Waals surface area contributed by atoms with E-state index in [0.29, 0.717) is 6.29 Å². The minimum atomic E-state index is -0.919. The number of ether oxygens (including phenoxy) is 2. The van der Waals surface area contributed by atoms with Crippen molar-refractivity contribution in [3.05, 3.63) is 29.6 Å². The molecule has 0 bridgehead atoms. The topological polar surface area (TPSA) is 52.6 Å². The van der Waals surface area contributed by atoms with Gasteiger partial charge in [0.2, 0.25) is 0 Å². The molecule has 0 aliphatic carbocycles. The lowest BCUT2D eigenvalue weighted by Gasteiger charge is -2.22. The first-order valence-corrected chi connectivity index (χ1v) is 5.37. The highest BCUT2D eigenvalue weighted by atomic mass is 19.1. The van der Waals surface area contributed by atoms with Crippen LogP contribution in [0.15, 0.2) is 18.2 Å². The molecule has 0 N–H and O–H groups in total. The number of hydrogen-bond donors (Lipinski definition) is 0. The molecule has 0 spiro atoms. The Kier molecular flexibility index (Phi) is 4.42. The molecule has 1 rings (SSSR count). The van der Waals surface area contributed by atoms with Crippen LogP contribution in [0.1, 0.15) is 24.2 Å². The van der Waals surface area contributed by atoms with Gasteiger partial charge in [0, 0.05) is 0 Å². The first kappa shape index (κ1) is 14.2. The van der Waals surface area contributed by atoms with Crippen molar-refractivity contribution < 1.29 is 23.5 Å². The number of halogens is 1. The van der Waals surface area contributed by atoms with Crippen LogP contribution in [0.3, 0.4) is 0 Å². The van der Waals surface area contributed by atoms with Crippen LogP contribution in [-0.4, -0.2) is 26.0 Å². The first-order valence-electron chi connectivity index (χ1n) is 5.37. The van der Waals surface area contributed by atoms with E-state index in [1.54, 1.807) is 13.8 Å². The van der Waals surface area contributed by atoms with E-state index in [9.17, 15) is 14.0 Å². The van der Waals surface area contributed by atoms with E-state index in [2.05, 4.69) is 4.74 Å². The number of benzene rings is 1. The second-order valence-corrected chi connectivity index (χ2v) is 4.44. The third-order valence-corrected chi connectivity index (χ3v) is 2.44. The van der Waals surface area contributed by atoms with Gasteiger partial charge in [0.05, 0.1) is 18.1 Å². The maximum Gasteiger partial charge on any atom is 0.314 e. The number of rotatable bonds is 5. The Balaban J connectivity index is 2.87. The van der Waals surface area contributed by atoms with Crippen molar-refractivity contribution in [1.82, 2.24) is 0 Å². The Bertz CT molecular complexity index is 454. The summed E-state index contributed by atoms with van der Waals surface area (Å²) < 4.78 is 23.3. The smallest absolute Gasteiger partial charge is 0.314 e. The molecular weight excluding hydrogens is 239 g/mol. The SMILES string of the molecule is COC(=O)C(C)(C)COc1c(F)cccc1C=O. The largest absolute Gasteiger partial charge is 0.489 e. The van der Waals surface area contributed by atoms with Crippen LogP contribution in [0, 0.1) is 11.2 Å². The minimum Gasteiger partial charge on any atom is -0.489 e. The molecule has 0 atom stereocenters. The third-order valence-electron chi connectivity index (χ3n) is 2.44. The zero-order chi connectivity index (χ0) is 13.8. The highest BCUT2D eigenvalue weighted by Crippen LogP contribution is 2.25. The molecule has 5 heteroatoms. The average Bonchev–Trinajstić information content (AvgIpc) is 2.35. The summed E-state index contributed by atoms with van der Waals surface area (Å²) in [5.74, 6) is -1.25. The molecule has 18 heavy (non-hydrogen) atoms. The van der Waals surface area contributed by atoms with E-state index in [0.717, 1.165) is 0 Å². The summed E-state index contributed by atoms with van der Waals surface area (Å²) in [6, 6.07) is 4.04. The van der Waals surface area contributed by atoms with E-state index < -0.39 is 17.2 Å². The van der Waals surface area contributed by atoms with E-state index in [1.807, 2.05) is 0 Å². The molecule has 0 heterocycles. The quantitative estimate of drug-likeness (QED) is 0.597. The molecule has 0 saturated carbocycles. The second kappa shape index (κ2) is 5.62. The number of carbonyl (C=O) groups excluding carboxylic acids is 2. The van der Waals surface area contributed by atoms with E-state index >= 15 is 0 Å². The number of carbonyl (C=O) groups is 2. The molecule has 0 unspecified atom stereocenters. The van der Waals surface area contributed by atoms with Crippen LogP contribution in [0.25, 0.3) is 0 Å². The predicted octanol–water partition coefficient (Wildman–Crippen LogP) is 2.22. The molecule has 0 fully saturated rings. The Morgan fingerprint density at radius 1 is 1.44 bits per heavy atom. The fourth-order valence-electron chi connectivity index (χ4n) is 1.36. The summed E-state index contributed by atoms with van der Waals surface area (Å²) in [4.78, 5) is 22.2. The predicted molar refractivity (Wildman–Crippen MR) is 63.1 cm³/mol.